The van der Waals surface area contributed by atoms with E-state index in [0.717, 1.165) is 24.0 Å². The second-order valence-corrected chi connectivity index (χ2v) is 12.4. The van der Waals surface area contributed by atoms with Gasteiger partial charge in [0.05, 0.1) is 19.8 Å². The molecular weight excluding hydrogens is 320 g/mol. The third-order valence-electron chi connectivity index (χ3n) is 4.71. The van der Waals surface area contributed by atoms with Crippen molar-refractivity contribution in [3.63, 3.8) is 0 Å². The minimum absolute atomic E-state index is 0.102. The van der Waals surface area contributed by atoms with Crippen LogP contribution in [0.25, 0.3) is 0 Å². The summed E-state index contributed by atoms with van der Waals surface area (Å²) in [6, 6.07) is 7.77. The van der Waals surface area contributed by atoms with Gasteiger partial charge in [-0.05, 0) is 42.2 Å². The second kappa shape index (κ2) is 9.35. The Bertz CT molecular complexity index is 491. The molecule has 1 unspecified atom stereocenters. The highest BCUT2D eigenvalue weighted by atomic mass is 28.4. The highest BCUT2D eigenvalue weighted by molar-refractivity contribution is 6.74. The molecule has 0 fully saturated rings. The van der Waals surface area contributed by atoms with Crippen LogP contribution in [-0.2, 0) is 20.6 Å². The molecule has 0 aliphatic heterocycles. The van der Waals surface area contributed by atoms with Crippen molar-refractivity contribution in [3.8, 4) is 5.75 Å². The van der Waals surface area contributed by atoms with Crippen molar-refractivity contribution in [2.75, 3.05) is 13.7 Å². The van der Waals surface area contributed by atoms with Crippen LogP contribution in [0.5, 0.6) is 5.75 Å². The molecule has 136 valence electrons. The fourth-order valence-corrected chi connectivity index (χ4v) is 3.04. The third kappa shape index (κ3) is 6.75. The highest BCUT2D eigenvalue weighted by Crippen LogP contribution is 2.36. The first-order valence-electron chi connectivity index (χ1n) is 8.51. The molecule has 1 atom stereocenters. The van der Waals surface area contributed by atoms with Crippen LogP contribution in [0.2, 0.25) is 18.1 Å². The van der Waals surface area contributed by atoms with Crippen molar-refractivity contribution in [1.82, 2.24) is 0 Å². The summed E-state index contributed by atoms with van der Waals surface area (Å²) in [4.78, 5) is 10.9. The number of methoxy groups -OCH3 is 1. The van der Waals surface area contributed by atoms with E-state index in [0.29, 0.717) is 19.6 Å². The summed E-state index contributed by atoms with van der Waals surface area (Å²) in [5.41, 5.74) is 1.07. The smallest absolute Gasteiger partial charge is 0.191 e. The molecule has 0 saturated heterocycles. The van der Waals surface area contributed by atoms with Gasteiger partial charge in [-0.3, -0.25) is 0 Å². The summed E-state index contributed by atoms with van der Waals surface area (Å²) in [5.74, 6) is 0.825. The number of benzene rings is 1. The number of carbonyl (C=O) groups excluding carboxylic acids is 1. The van der Waals surface area contributed by atoms with Crippen molar-refractivity contribution in [3.05, 3.63) is 29.8 Å². The van der Waals surface area contributed by atoms with Crippen LogP contribution in [-0.4, -0.2) is 34.4 Å². The molecule has 0 N–H and O–H groups in total. The minimum atomic E-state index is -1.75. The van der Waals surface area contributed by atoms with E-state index in [1.165, 1.54) is 0 Å². The van der Waals surface area contributed by atoms with E-state index in [1.807, 2.05) is 24.3 Å². The number of aldehydes is 1. The van der Waals surface area contributed by atoms with E-state index < -0.39 is 8.32 Å². The molecule has 0 spiro atoms. The quantitative estimate of drug-likeness (QED) is 0.457. The van der Waals surface area contributed by atoms with E-state index in [1.54, 1.807) is 7.11 Å². The Morgan fingerprint density at radius 2 is 1.79 bits per heavy atom. The summed E-state index contributed by atoms with van der Waals surface area (Å²) in [6.07, 6.45) is 1.96. The molecule has 0 saturated carbocycles. The first-order chi connectivity index (χ1) is 11.2. The molecule has 0 bridgehead atoms. The summed E-state index contributed by atoms with van der Waals surface area (Å²) < 4.78 is 17.2. The molecule has 0 radical (unpaired) electrons. The Morgan fingerprint density at radius 3 is 2.29 bits per heavy atom. The molecule has 24 heavy (non-hydrogen) atoms. The van der Waals surface area contributed by atoms with E-state index in [2.05, 4.69) is 33.9 Å². The fraction of sp³-hybridized carbons (Fsp3) is 0.632. The molecule has 0 amide bonds. The molecule has 5 heteroatoms. The molecule has 1 aromatic carbocycles. The van der Waals surface area contributed by atoms with Crippen molar-refractivity contribution < 1.29 is 18.7 Å². The van der Waals surface area contributed by atoms with Crippen molar-refractivity contribution in [2.24, 2.45) is 0 Å². The van der Waals surface area contributed by atoms with Crippen LogP contribution >= 0.6 is 0 Å². The Hall–Kier alpha value is -1.17. The maximum Gasteiger partial charge on any atom is 0.191 e. The standard InChI is InChI=1S/C19H32O4Si/c1-19(2,3)24(5,6)23-14-12-18(11-13-20)22-15-16-7-9-17(21-4)10-8-16/h7-10,13,18H,11-12,14-15H2,1-6H3. The number of carbonyl (C=O) groups is 1. The zero-order chi connectivity index (χ0) is 18.2. The lowest BCUT2D eigenvalue weighted by Crippen LogP contribution is -2.41. The normalized spacial score (nSPS) is 13.6. The van der Waals surface area contributed by atoms with E-state index in [-0.39, 0.29) is 11.1 Å². The van der Waals surface area contributed by atoms with Gasteiger partial charge in [0.25, 0.3) is 0 Å². The molecule has 0 aliphatic carbocycles. The fourth-order valence-electron chi connectivity index (χ4n) is 1.97. The number of hydrogen-bond acceptors (Lipinski definition) is 4. The summed E-state index contributed by atoms with van der Waals surface area (Å²) in [7, 11) is -0.103. The van der Waals surface area contributed by atoms with Gasteiger partial charge in [-0.1, -0.05) is 32.9 Å². The molecule has 0 aliphatic rings. The number of ether oxygens (including phenoxy) is 2. The lowest BCUT2D eigenvalue weighted by molar-refractivity contribution is -0.111. The van der Waals surface area contributed by atoms with Gasteiger partial charge < -0.3 is 18.7 Å². The van der Waals surface area contributed by atoms with E-state index >= 15 is 0 Å². The maximum atomic E-state index is 10.9. The highest BCUT2D eigenvalue weighted by Gasteiger charge is 2.37. The van der Waals surface area contributed by atoms with Crippen LogP contribution in [0.1, 0.15) is 39.2 Å². The Balaban J connectivity index is 2.47. The van der Waals surface area contributed by atoms with E-state index in [4.69, 9.17) is 13.9 Å². The van der Waals surface area contributed by atoms with Gasteiger partial charge >= 0.3 is 0 Å². The van der Waals surface area contributed by atoms with Crippen molar-refractivity contribution >= 4 is 14.6 Å². The first-order valence-corrected chi connectivity index (χ1v) is 11.4. The largest absolute Gasteiger partial charge is 0.497 e. The predicted octanol–water partition coefficient (Wildman–Crippen LogP) is 4.58. The SMILES string of the molecule is COc1ccc(COC(CC=O)CCO[Si](C)(C)C(C)(C)C)cc1. The summed E-state index contributed by atoms with van der Waals surface area (Å²) >= 11 is 0. The molecule has 1 rings (SSSR count). The second-order valence-electron chi connectivity index (χ2n) is 7.58. The third-order valence-corrected chi connectivity index (χ3v) is 9.25. The van der Waals surface area contributed by atoms with Crippen molar-refractivity contribution in [1.29, 1.82) is 0 Å². The summed E-state index contributed by atoms with van der Waals surface area (Å²) in [5, 5.41) is 0.192. The van der Waals surface area contributed by atoms with Gasteiger partial charge in [-0.15, -0.1) is 0 Å². The van der Waals surface area contributed by atoms with Gasteiger partial charge in [0.15, 0.2) is 8.32 Å². The summed E-state index contributed by atoms with van der Waals surface area (Å²) in [6.45, 7) is 12.3. The van der Waals surface area contributed by atoms with Gasteiger partial charge in [0.1, 0.15) is 12.0 Å². The van der Waals surface area contributed by atoms with Crippen molar-refractivity contribution in [2.45, 2.75) is 64.5 Å². The Kier molecular flexibility index (Phi) is 8.13. The zero-order valence-corrected chi connectivity index (χ0v) is 16.9. The average molecular weight is 353 g/mol. The molecule has 0 aromatic heterocycles. The van der Waals surface area contributed by atoms with Gasteiger partial charge in [0.2, 0.25) is 0 Å². The van der Waals surface area contributed by atoms with Crippen LogP contribution in [0.3, 0.4) is 0 Å². The monoisotopic (exact) mass is 352 g/mol. The lowest BCUT2D eigenvalue weighted by Gasteiger charge is -2.36. The maximum absolute atomic E-state index is 10.9. The minimum Gasteiger partial charge on any atom is -0.497 e. The van der Waals surface area contributed by atoms with E-state index in [9.17, 15) is 4.79 Å². The zero-order valence-electron chi connectivity index (χ0n) is 15.9. The molecular formula is C19H32O4Si. The average Bonchev–Trinajstić information content (AvgIpc) is 2.52. The lowest BCUT2D eigenvalue weighted by atomic mass is 10.2. The van der Waals surface area contributed by atoms with Crippen LogP contribution in [0.4, 0.5) is 0 Å². The predicted molar refractivity (Wildman–Crippen MR) is 100 cm³/mol. The number of hydrogen-bond donors (Lipinski definition) is 0. The van der Waals surface area contributed by atoms with Crippen LogP contribution in [0, 0.1) is 0 Å². The van der Waals surface area contributed by atoms with Crippen LogP contribution < -0.4 is 4.74 Å². The Labute approximate surface area is 147 Å². The molecule has 4 nitrogen and oxygen atoms in total. The van der Waals surface area contributed by atoms with Crippen LogP contribution in [0.15, 0.2) is 24.3 Å². The topological polar surface area (TPSA) is 44.8 Å². The van der Waals surface area contributed by atoms with Gasteiger partial charge in [0, 0.05) is 13.0 Å². The van der Waals surface area contributed by atoms with Gasteiger partial charge in [-0.25, -0.2) is 0 Å². The van der Waals surface area contributed by atoms with Gasteiger partial charge in [-0.2, -0.15) is 0 Å². The number of rotatable bonds is 10. The molecule has 0 heterocycles. The first kappa shape index (κ1) is 20.9. The molecule has 1 aromatic rings. The Morgan fingerprint density at radius 1 is 1.17 bits per heavy atom.